The second-order valence-electron chi connectivity index (χ2n) is 17.7. The molecule has 19 nitrogen and oxygen atoms in total. The lowest BCUT2D eigenvalue weighted by Crippen LogP contribution is -2.49. The van der Waals surface area contributed by atoms with Crippen molar-refractivity contribution in [3.05, 3.63) is 179 Å². The molecule has 4 amide bonds. The standard InChI is InChI=1S/C59H63N5O14/c1-4-6-10-26-45(49(5-2)64(39-65)78-58(71)44-25-17-18-27-47(44)60-3)55(68)61-38-62-57(70)51-31-30-50(77-51)43-28-29-46(52(32-43)73-37-54(67)75-35-41-21-13-8-14-22-41)56(69)63-48(59(72)76-36-42-23-15-9-16-24-42)33-53(66)74-34-40-19-11-7-12-20-40/h7-9,11-25,27-32,39,45,48-49,60H,4-6,10,26,33-38H2,1-3H3,(H,61,68)(H,62,70)(H,63,69)/t45?,48?,49-/m1/s1. The van der Waals surface area contributed by atoms with E-state index in [1.54, 1.807) is 117 Å². The van der Waals surface area contributed by atoms with Crippen LogP contribution in [0.15, 0.2) is 150 Å². The number of amides is 4. The summed E-state index contributed by atoms with van der Waals surface area (Å²) < 4.78 is 28.2. The average molecular weight is 1070 g/mol. The Morgan fingerprint density at radius 1 is 0.654 bits per heavy atom. The van der Waals surface area contributed by atoms with Crippen LogP contribution in [-0.2, 0) is 62.8 Å². The summed E-state index contributed by atoms with van der Waals surface area (Å²) in [6.45, 7) is 2.52. The summed E-state index contributed by atoms with van der Waals surface area (Å²) in [6.07, 6.45) is 2.72. The first-order chi connectivity index (χ1) is 37.9. The number of benzene rings is 5. The number of anilines is 1. The van der Waals surface area contributed by atoms with E-state index >= 15 is 0 Å². The molecule has 2 unspecified atom stereocenters. The molecule has 78 heavy (non-hydrogen) atoms. The zero-order chi connectivity index (χ0) is 55.7. The molecule has 0 spiro atoms. The van der Waals surface area contributed by atoms with Crippen LogP contribution in [0, 0.1) is 5.92 Å². The summed E-state index contributed by atoms with van der Waals surface area (Å²) in [5.74, 6) is -6.32. The number of para-hydroxylation sites is 1. The highest BCUT2D eigenvalue weighted by molar-refractivity contribution is 6.00. The molecule has 5 aromatic carbocycles. The first-order valence-electron chi connectivity index (χ1n) is 25.5. The fraction of sp³-hybridized carbons (Fsp3) is 0.288. The molecule has 408 valence electrons. The van der Waals surface area contributed by atoms with Gasteiger partial charge in [-0.1, -0.05) is 142 Å². The predicted octanol–water partition coefficient (Wildman–Crippen LogP) is 8.09. The van der Waals surface area contributed by atoms with Crippen LogP contribution in [0.3, 0.4) is 0 Å². The molecule has 0 saturated carbocycles. The molecule has 1 aromatic heterocycles. The van der Waals surface area contributed by atoms with Gasteiger partial charge in [-0.25, -0.2) is 14.4 Å². The Morgan fingerprint density at radius 3 is 1.88 bits per heavy atom. The molecule has 0 fully saturated rings. The number of unbranched alkanes of at least 4 members (excludes halogenated alkanes) is 2. The maximum Gasteiger partial charge on any atom is 0.365 e. The van der Waals surface area contributed by atoms with Crippen molar-refractivity contribution in [2.24, 2.45) is 5.92 Å². The SMILES string of the molecule is CCCCCC(C(=O)NCNC(=O)c1ccc(-c2ccc(C(=O)NC(CC(=O)OCc3ccccc3)C(=O)OCc3ccccc3)c(OCC(=O)OCc3ccccc3)c2)o1)[C@@H](CC)N(C=O)OC(=O)c1ccccc1NC. The van der Waals surface area contributed by atoms with E-state index in [-0.39, 0.29) is 61.3 Å². The number of carbonyl (C=O) groups excluding carboxylic acids is 8. The Bertz CT molecular complexity index is 2950. The number of hydrogen-bond donors (Lipinski definition) is 4. The number of ether oxygens (including phenoxy) is 4. The monoisotopic (exact) mass is 1070 g/mol. The van der Waals surface area contributed by atoms with Gasteiger partial charge in [-0.2, -0.15) is 5.06 Å². The van der Waals surface area contributed by atoms with E-state index < -0.39 is 72.6 Å². The van der Waals surface area contributed by atoms with Crippen molar-refractivity contribution in [2.75, 3.05) is 25.6 Å². The van der Waals surface area contributed by atoms with Crippen molar-refractivity contribution in [2.45, 2.75) is 84.3 Å². The molecule has 6 rings (SSSR count). The fourth-order valence-electron chi connectivity index (χ4n) is 8.11. The second-order valence-corrected chi connectivity index (χ2v) is 17.7. The van der Waals surface area contributed by atoms with Crippen LogP contribution in [0.25, 0.3) is 11.3 Å². The minimum absolute atomic E-state index is 0.0492. The predicted molar refractivity (Wildman–Crippen MR) is 286 cm³/mol. The van der Waals surface area contributed by atoms with Crippen molar-refractivity contribution >= 4 is 53.7 Å². The lowest BCUT2D eigenvalue weighted by atomic mass is 9.90. The lowest BCUT2D eigenvalue weighted by Gasteiger charge is -2.32. The maximum absolute atomic E-state index is 14.2. The van der Waals surface area contributed by atoms with Crippen molar-refractivity contribution in [3.8, 4) is 17.1 Å². The Kier molecular flexibility index (Phi) is 22.6. The van der Waals surface area contributed by atoms with Crippen LogP contribution in [0.2, 0.25) is 0 Å². The number of hydroxylamine groups is 2. The van der Waals surface area contributed by atoms with Crippen LogP contribution in [-0.4, -0.2) is 85.5 Å². The number of nitrogens with zero attached hydrogens (tertiary/aromatic N) is 1. The second kappa shape index (κ2) is 30.3. The molecule has 0 saturated heterocycles. The number of furan rings is 1. The minimum Gasteiger partial charge on any atom is -0.481 e. The first-order valence-corrected chi connectivity index (χ1v) is 25.5. The van der Waals surface area contributed by atoms with Gasteiger partial charge in [0, 0.05) is 18.3 Å². The topological polar surface area (TPSA) is 247 Å². The summed E-state index contributed by atoms with van der Waals surface area (Å²) in [7, 11) is 1.65. The molecule has 1 heterocycles. The molecule has 0 aliphatic carbocycles. The highest BCUT2D eigenvalue weighted by Gasteiger charge is 2.34. The van der Waals surface area contributed by atoms with Crippen LogP contribution >= 0.6 is 0 Å². The Balaban J connectivity index is 1.16. The van der Waals surface area contributed by atoms with E-state index in [1.807, 2.05) is 19.1 Å². The molecule has 0 bridgehead atoms. The summed E-state index contributed by atoms with van der Waals surface area (Å²) >= 11 is 0. The third-order valence-electron chi connectivity index (χ3n) is 12.2. The number of hydrogen-bond acceptors (Lipinski definition) is 15. The van der Waals surface area contributed by atoms with Crippen LogP contribution in [0.1, 0.15) is 100 Å². The van der Waals surface area contributed by atoms with Gasteiger partial charge in [-0.3, -0.25) is 24.0 Å². The van der Waals surface area contributed by atoms with Gasteiger partial charge in [-0.15, -0.1) is 0 Å². The van der Waals surface area contributed by atoms with Crippen molar-refractivity contribution < 1.29 is 66.6 Å². The highest BCUT2D eigenvalue weighted by atomic mass is 16.7. The average Bonchev–Trinajstić information content (AvgIpc) is 4.01. The summed E-state index contributed by atoms with van der Waals surface area (Å²) in [6, 6.07) is 38.1. The number of esters is 3. The van der Waals surface area contributed by atoms with Gasteiger partial charge in [-0.05, 0) is 65.9 Å². The quantitative estimate of drug-likeness (QED) is 0.00831. The van der Waals surface area contributed by atoms with Gasteiger partial charge in [0.15, 0.2) is 12.4 Å². The maximum atomic E-state index is 14.2. The van der Waals surface area contributed by atoms with Crippen LogP contribution < -0.4 is 26.0 Å². The summed E-state index contributed by atoms with van der Waals surface area (Å²) in [4.78, 5) is 112. The molecule has 6 aromatic rings. The summed E-state index contributed by atoms with van der Waals surface area (Å²) in [5.41, 5.74) is 2.93. The molecule has 0 aliphatic heterocycles. The van der Waals surface area contributed by atoms with Gasteiger partial charge in [0.2, 0.25) is 12.3 Å². The fourth-order valence-corrected chi connectivity index (χ4v) is 8.11. The van der Waals surface area contributed by atoms with Gasteiger partial charge < -0.3 is 49.5 Å². The van der Waals surface area contributed by atoms with Gasteiger partial charge >= 0.3 is 23.9 Å². The molecular formula is C59H63N5O14. The minimum atomic E-state index is -1.52. The molecule has 0 aliphatic rings. The molecular weight excluding hydrogens is 1000 g/mol. The molecule has 19 heteroatoms. The third kappa shape index (κ3) is 17.4. The van der Waals surface area contributed by atoms with Crippen molar-refractivity contribution in [3.63, 3.8) is 0 Å². The van der Waals surface area contributed by atoms with E-state index in [1.165, 1.54) is 30.3 Å². The van der Waals surface area contributed by atoms with E-state index in [9.17, 15) is 38.4 Å². The summed E-state index contributed by atoms with van der Waals surface area (Å²) in [5, 5.41) is 11.7. The van der Waals surface area contributed by atoms with Crippen molar-refractivity contribution in [1.29, 1.82) is 0 Å². The van der Waals surface area contributed by atoms with Crippen LogP contribution in [0.5, 0.6) is 5.75 Å². The molecule has 4 N–H and O–H groups in total. The van der Waals surface area contributed by atoms with E-state index in [4.69, 9.17) is 28.2 Å². The smallest absolute Gasteiger partial charge is 0.365 e. The normalized spacial score (nSPS) is 11.8. The Hall–Kier alpha value is -9.26. The molecule has 0 radical (unpaired) electrons. The number of rotatable bonds is 30. The van der Waals surface area contributed by atoms with Crippen LogP contribution in [0.4, 0.5) is 5.69 Å². The van der Waals surface area contributed by atoms with Gasteiger partial charge in [0.25, 0.3) is 11.8 Å². The van der Waals surface area contributed by atoms with E-state index in [2.05, 4.69) is 21.3 Å². The zero-order valence-electron chi connectivity index (χ0n) is 43.6. The zero-order valence-corrected chi connectivity index (χ0v) is 43.6. The lowest BCUT2D eigenvalue weighted by molar-refractivity contribution is -0.171. The Labute approximate surface area is 451 Å². The number of nitrogens with one attached hydrogen (secondary N) is 4. The van der Waals surface area contributed by atoms with Gasteiger partial charge in [0.1, 0.15) is 37.4 Å². The third-order valence-corrected chi connectivity index (χ3v) is 12.2. The Morgan fingerprint density at radius 2 is 1.27 bits per heavy atom. The largest absolute Gasteiger partial charge is 0.481 e. The highest BCUT2D eigenvalue weighted by Crippen LogP contribution is 2.30. The molecule has 3 atom stereocenters. The first kappa shape index (κ1) is 58.0. The van der Waals surface area contributed by atoms with E-state index in [0.717, 1.165) is 23.5 Å². The van der Waals surface area contributed by atoms with Gasteiger partial charge in [0.05, 0.1) is 36.2 Å². The van der Waals surface area contributed by atoms with E-state index in [0.29, 0.717) is 41.6 Å². The number of carbonyl (C=O) groups is 8. The van der Waals surface area contributed by atoms with Crippen molar-refractivity contribution in [1.82, 2.24) is 21.0 Å².